The van der Waals surface area contributed by atoms with Crippen molar-refractivity contribution in [2.45, 2.75) is 18.9 Å². The van der Waals surface area contributed by atoms with Crippen LogP contribution < -0.4 is 9.64 Å². The van der Waals surface area contributed by atoms with Crippen LogP contribution in [-0.4, -0.2) is 49.0 Å². The number of aromatic carboxylic acids is 1. The molecule has 1 atom stereocenters. The number of ether oxygens (including phenoxy) is 1. The molecule has 0 bridgehead atoms. The van der Waals surface area contributed by atoms with Gasteiger partial charge in [0.25, 0.3) is 0 Å². The maximum Gasteiger partial charge on any atom is 0.341 e. The molecule has 0 saturated carbocycles. The normalized spacial score (nSPS) is 17.0. The molecular formula is C16H15FN6O3. The predicted octanol–water partition coefficient (Wildman–Crippen LogP) is 1.86. The van der Waals surface area contributed by atoms with Crippen LogP contribution in [0.5, 0.6) is 5.75 Å². The van der Waals surface area contributed by atoms with Crippen molar-refractivity contribution in [3.63, 3.8) is 0 Å². The molecule has 1 N–H and O–H groups in total. The molecule has 1 unspecified atom stereocenters. The molecule has 3 aromatic rings. The second-order valence-corrected chi connectivity index (χ2v) is 5.85. The van der Waals surface area contributed by atoms with Crippen LogP contribution in [0.15, 0.2) is 31.0 Å². The van der Waals surface area contributed by atoms with E-state index in [0.717, 1.165) is 18.4 Å². The van der Waals surface area contributed by atoms with Crippen molar-refractivity contribution in [1.82, 2.24) is 24.6 Å². The SMILES string of the molecule is O=C(O)c1cnn2cnc(N3CCCC3c3cncc(OCF)c3)nc12. The van der Waals surface area contributed by atoms with Crippen LogP contribution in [0.1, 0.15) is 34.8 Å². The molecule has 9 nitrogen and oxygen atoms in total. The lowest BCUT2D eigenvalue weighted by Crippen LogP contribution is -2.25. The number of alkyl halides is 1. The Labute approximate surface area is 147 Å². The second-order valence-electron chi connectivity index (χ2n) is 5.85. The number of anilines is 1. The number of nitrogens with zero attached hydrogens (tertiary/aromatic N) is 6. The van der Waals surface area contributed by atoms with Gasteiger partial charge in [0.15, 0.2) is 5.65 Å². The number of hydrogen-bond donors (Lipinski definition) is 1. The van der Waals surface area contributed by atoms with Crippen LogP contribution in [0, 0.1) is 0 Å². The van der Waals surface area contributed by atoms with Crippen LogP contribution in [0.4, 0.5) is 10.3 Å². The molecule has 10 heteroatoms. The maximum absolute atomic E-state index is 12.4. The van der Waals surface area contributed by atoms with Crippen LogP contribution in [0.25, 0.3) is 5.65 Å². The van der Waals surface area contributed by atoms with Gasteiger partial charge in [0, 0.05) is 12.7 Å². The first-order valence-electron chi connectivity index (χ1n) is 8.01. The number of pyridine rings is 1. The summed E-state index contributed by atoms with van der Waals surface area (Å²) in [5, 5.41) is 13.2. The number of hydrogen-bond acceptors (Lipinski definition) is 7. The molecule has 0 spiro atoms. The first-order chi connectivity index (χ1) is 12.7. The fourth-order valence-corrected chi connectivity index (χ4v) is 3.18. The van der Waals surface area contributed by atoms with Gasteiger partial charge in [-0.3, -0.25) is 4.98 Å². The zero-order valence-electron chi connectivity index (χ0n) is 13.6. The van der Waals surface area contributed by atoms with Crippen LogP contribution in [0.3, 0.4) is 0 Å². The molecular weight excluding hydrogens is 343 g/mol. The summed E-state index contributed by atoms with van der Waals surface area (Å²) in [6, 6.07) is 1.69. The number of carboxylic acid groups (broad SMARTS) is 1. The summed E-state index contributed by atoms with van der Waals surface area (Å²) in [4.78, 5) is 26.1. The van der Waals surface area contributed by atoms with Gasteiger partial charge in [0.05, 0.1) is 18.4 Å². The lowest BCUT2D eigenvalue weighted by molar-refractivity contribution is 0.0698. The third kappa shape index (κ3) is 2.79. The Hall–Kier alpha value is -3.30. The lowest BCUT2D eigenvalue weighted by Gasteiger charge is -2.24. The van der Waals surface area contributed by atoms with Crippen molar-refractivity contribution in [2.24, 2.45) is 0 Å². The third-order valence-corrected chi connectivity index (χ3v) is 4.34. The van der Waals surface area contributed by atoms with Gasteiger partial charge < -0.3 is 14.7 Å². The first-order valence-corrected chi connectivity index (χ1v) is 8.01. The molecule has 0 amide bonds. The van der Waals surface area contributed by atoms with Crippen molar-refractivity contribution in [3.8, 4) is 5.75 Å². The summed E-state index contributed by atoms with van der Waals surface area (Å²) in [7, 11) is 0. The Morgan fingerprint density at radius 1 is 1.38 bits per heavy atom. The quantitative estimate of drug-likeness (QED) is 0.737. The van der Waals surface area contributed by atoms with Gasteiger partial charge in [-0.05, 0) is 24.5 Å². The largest absolute Gasteiger partial charge is 0.477 e. The molecule has 4 heterocycles. The van der Waals surface area contributed by atoms with Gasteiger partial charge in [0.2, 0.25) is 12.8 Å². The minimum absolute atomic E-state index is 0.0180. The molecule has 1 aliphatic rings. The maximum atomic E-state index is 12.4. The van der Waals surface area contributed by atoms with Crippen LogP contribution >= 0.6 is 0 Å². The molecule has 0 aliphatic carbocycles. The van der Waals surface area contributed by atoms with Gasteiger partial charge in [-0.1, -0.05) is 0 Å². The fraction of sp³-hybridized carbons (Fsp3) is 0.312. The Kier molecular flexibility index (Phi) is 4.07. The van der Waals surface area contributed by atoms with Gasteiger partial charge in [-0.2, -0.15) is 10.1 Å². The zero-order valence-corrected chi connectivity index (χ0v) is 13.6. The van der Waals surface area contributed by atoms with Gasteiger partial charge in [-0.15, -0.1) is 0 Å². The Morgan fingerprint density at radius 2 is 2.27 bits per heavy atom. The number of rotatable bonds is 5. The van der Waals surface area contributed by atoms with E-state index in [-0.39, 0.29) is 17.3 Å². The molecule has 1 saturated heterocycles. The second kappa shape index (κ2) is 6.54. The fourth-order valence-electron chi connectivity index (χ4n) is 3.18. The number of carboxylic acids is 1. The van der Waals surface area contributed by atoms with Gasteiger partial charge in [0.1, 0.15) is 17.6 Å². The molecule has 134 valence electrons. The standard InChI is InChI=1S/C16H15FN6O3/c17-8-26-11-4-10(5-18-6-11)13-2-1-3-22(13)16-19-9-23-14(21-16)12(7-20-23)15(24)25/h4-7,9,13H,1-3,8H2,(H,24,25). The van der Waals surface area contributed by atoms with E-state index in [1.165, 1.54) is 23.2 Å². The average molecular weight is 358 g/mol. The molecule has 3 aromatic heterocycles. The number of carbonyl (C=O) groups is 1. The lowest BCUT2D eigenvalue weighted by atomic mass is 10.1. The Bertz CT molecular complexity index is 962. The van der Waals surface area contributed by atoms with E-state index >= 15 is 0 Å². The van der Waals surface area contributed by atoms with E-state index in [0.29, 0.717) is 18.2 Å². The van der Waals surface area contributed by atoms with E-state index in [9.17, 15) is 14.3 Å². The van der Waals surface area contributed by atoms with E-state index in [1.807, 2.05) is 4.90 Å². The monoisotopic (exact) mass is 358 g/mol. The zero-order chi connectivity index (χ0) is 18.1. The van der Waals surface area contributed by atoms with E-state index in [4.69, 9.17) is 4.74 Å². The van der Waals surface area contributed by atoms with Crippen molar-refractivity contribution in [2.75, 3.05) is 18.3 Å². The van der Waals surface area contributed by atoms with Crippen molar-refractivity contribution in [3.05, 3.63) is 42.1 Å². The van der Waals surface area contributed by atoms with Gasteiger partial charge in [-0.25, -0.2) is 18.7 Å². The van der Waals surface area contributed by atoms with Crippen molar-refractivity contribution < 1.29 is 19.0 Å². The highest BCUT2D eigenvalue weighted by atomic mass is 19.1. The molecule has 0 aromatic carbocycles. The summed E-state index contributed by atoms with van der Waals surface area (Å²) in [5.41, 5.74) is 1.12. The topological polar surface area (TPSA) is 106 Å². The highest BCUT2D eigenvalue weighted by Gasteiger charge is 2.29. The first kappa shape index (κ1) is 16.2. The summed E-state index contributed by atoms with van der Waals surface area (Å²) < 4.78 is 18.6. The molecule has 0 radical (unpaired) electrons. The molecule has 26 heavy (non-hydrogen) atoms. The number of fused-ring (bicyclic) bond motifs is 1. The summed E-state index contributed by atoms with van der Waals surface area (Å²) in [6.07, 6.45) is 7.61. The van der Waals surface area contributed by atoms with E-state index < -0.39 is 12.8 Å². The number of aromatic nitrogens is 5. The Morgan fingerprint density at radius 3 is 3.08 bits per heavy atom. The summed E-state index contributed by atoms with van der Waals surface area (Å²) in [6.45, 7) is -0.204. The smallest absolute Gasteiger partial charge is 0.341 e. The highest BCUT2D eigenvalue weighted by Crippen LogP contribution is 2.35. The molecule has 1 fully saturated rings. The van der Waals surface area contributed by atoms with Crippen molar-refractivity contribution >= 4 is 17.6 Å². The van der Waals surface area contributed by atoms with E-state index in [1.54, 1.807) is 12.3 Å². The average Bonchev–Trinajstić information content (AvgIpc) is 3.28. The van der Waals surface area contributed by atoms with Crippen molar-refractivity contribution in [1.29, 1.82) is 0 Å². The van der Waals surface area contributed by atoms with E-state index in [2.05, 4.69) is 20.1 Å². The summed E-state index contributed by atoms with van der Waals surface area (Å²) >= 11 is 0. The van der Waals surface area contributed by atoms with Gasteiger partial charge >= 0.3 is 5.97 Å². The summed E-state index contributed by atoms with van der Waals surface area (Å²) in [5.74, 6) is -0.320. The number of halogens is 1. The molecule has 4 rings (SSSR count). The predicted molar refractivity (Wildman–Crippen MR) is 87.9 cm³/mol. The van der Waals surface area contributed by atoms with Crippen LogP contribution in [0.2, 0.25) is 0 Å². The highest BCUT2D eigenvalue weighted by molar-refractivity contribution is 5.94. The third-order valence-electron chi connectivity index (χ3n) is 4.34. The Balaban J connectivity index is 1.70. The molecule has 1 aliphatic heterocycles. The van der Waals surface area contributed by atoms with Crippen LogP contribution in [-0.2, 0) is 0 Å². The minimum atomic E-state index is -1.09. The minimum Gasteiger partial charge on any atom is -0.477 e.